The Morgan fingerprint density at radius 1 is 1.13 bits per heavy atom. The normalized spacial score (nSPS) is 10.9. The first kappa shape index (κ1) is 12.4. The van der Waals surface area contributed by atoms with Gasteiger partial charge in [-0.2, -0.15) is 0 Å². The van der Waals surface area contributed by atoms with Gasteiger partial charge in [-0.3, -0.25) is 0 Å². The molecule has 0 aliphatic carbocycles. The maximum absolute atomic E-state index is 5.53. The van der Waals surface area contributed by atoms with Crippen LogP contribution in [0.4, 0.5) is 0 Å². The summed E-state index contributed by atoms with van der Waals surface area (Å²) in [6.07, 6.45) is 0. The molecule has 0 heterocycles. The minimum Gasteiger partial charge on any atom is -0.357 e. The van der Waals surface area contributed by atoms with Crippen LogP contribution in [-0.4, -0.2) is 28.6 Å². The van der Waals surface area contributed by atoms with Crippen LogP contribution < -0.4 is 5.19 Å². The predicted molar refractivity (Wildman–Crippen MR) is 63.6 cm³/mol. The Morgan fingerprint density at radius 2 is 1.73 bits per heavy atom. The second-order valence-electron chi connectivity index (χ2n) is 3.20. The van der Waals surface area contributed by atoms with E-state index in [-0.39, 0.29) is 5.91 Å². The zero-order valence-corrected chi connectivity index (χ0v) is 10.6. The summed E-state index contributed by atoms with van der Waals surface area (Å²) in [6.45, 7) is 7.51. The first-order valence-electron chi connectivity index (χ1n) is 5.33. The molecular weight excluding hydrogens is 204 g/mol. The average Bonchev–Trinajstić information content (AvgIpc) is 2.22. The molecule has 15 heavy (non-hydrogen) atoms. The Bertz CT molecular complexity index is 283. The third kappa shape index (κ3) is 4.16. The smallest absolute Gasteiger partial charge is 0.157 e. The van der Waals surface area contributed by atoms with Crippen molar-refractivity contribution in [1.29, 1.82) is 0 Å². The third-order valence-corrected chi connectivity index (χ3v) is 3.50. The van der Waals surface area contributed by atoms with Gasteiger partial charge in [-0.15, -0.1) is 0 Å². The molecule has 0 unspecified atom stereocenters. The molecule has 3 heteroatoms. The van der Waals surface area contributed by atoms with Gasteiger partial charge in [0, 0.05) is 13.2 Å². The second kappa shape index (κ2) is 6.77. The van der Waals surface area contributed by atoms with Crippen LogP contribution in [0, 0.1) is 6.92 Å². The molecule has 0 amide bonds. The number of ether oxygens (including phenoxy) is 2. The number of hydrogen-bond acceptors (Lipinski definition) is 2. The SMILES string of the molecule is CCOC(OCC)[Si]c1ccccc1C. The van der Waals surface area contributed by atoms with Gasteiger partial charge in [-0.1, -0.05) is 35.0 Å². The van der Waals surface area contributed by atoms with Gasteiger partial charge in [-0.05, 0) is 20.8 Å². The summed E-state index contributed by atoms with van der Waals surface area (Å²) >= 11 is 0. The molecule has 0 atom stereocenters. The highest BCUT2D eigenvalue weighted by Gasteiger charge is 2.11. The van der Waals surface area contributed by atoms with E-state index >= 15 is 0 Å². The highest BCUT2D eigenvalue weighted by molar-refractivity contribution is 6.54. The summed E-state index contributed by atoms with van der Waals surface area (Å²) < 4.78 is 11.1. The molecule has 0 bridgehead atoms. The van der Waals surface area contributed by atoms with E-state index in [0.29, 0.717) is 22.7 Å². The first-order chi connectivity index (χ1) is 7.27. The van der Waals surface area contributed by atoms with E-state index in [4.69, 9.17) is 9.47 Å². The fourth-order valence-electron chi connectivity index (χ4n) is 1.30. The summed E-state index contributed by atoms with van der Waals surface area (Å²) in [5, 5.41) is 1.32. The topological polar surface area (TPSA) is 18.5 Å². The summed E-state index contributed by atoms with van der Waals surface area (Å²) in [5.41, 5.74) is 1.31. The van der Waals surface area contributed by atoms with E-state index in [1.807, 2.05) is 13.8 Å². The minimum absolute atomic E-state index is 0.0823. The highest BCUT2D eigenvalue weighted by atomic mass is 28.2. The van der Waals surface area contributed by atoms with E-state index in [1.54, 1.807) is 0 Å². The van der Waals surface area contributed by atoms with Crippen molar-refractivity contribution in [1.82, 2.24) is 0 Å². The lowest BCUT2D eigenvalue weighted by molar-refractivity contribution is -0.0817. The lowest BCUT2D eigenvalue weighted by Gasteiger charge is -2.16. The van der Waals surface area contributed by atoms with Crippen molar-refractivity contribution in [3.63, 3.8) is 0 Å². The third-order valence-electron chi connectivity index (χ3n) is 2.05. The van der Waals surface area contributed by atoms with E-state index in [9.17, 15) is 0 Å². The van der Waals surface area contributed by atoms with Crippen LogP contribution in [0.15, 0.2) is 24.3 Å². The molecule has 0 saturated carbocycles. The minimum atomic E-state index is -0.0823. The summed E-state index contributed by atoms with van der Waals surface area (Å²) in [6, 6.07) is 8.38. The summed E-state index contributed by atoms with van der Waals surface area (Å²) in [4.78, 5) is 0. The van der Waals surface area contributed by atoms with Crippen molar-refractivity contribution >= 4 is 14.7 Å². The summed E-state index contributed by atoms with van der Waals surface area (Å²) in [5.74, 6) is -0.0823. The number of rotatable bonds is 6. The Kier molecular flexibility index (Phi) is 5.61. The molecule has 1 aromatic rings. The first-order valence-corrected chi connectivity index (χ1v) is 6.41. The quantitative estimate of drug-likeness (QED) is 0.538. The molecule has 2 radical (unpaired) electrons. The van der Waals surface area contributed by atoms with E-state index in [1.165, 1.54) is 10.8 Å². The molecular formula is C12H18O2Si. The Morgan fingerprint density at radius 3 is 2.27 bits per heavy atom. The van der Waals surface area contributed by atoms with Crippen molar-refractivity contribution in [3.8, 4) is 0 Å². The zero-order chi connectivity index (χ0) is 11.1. The molecule has 2 nitrogen and oxygen atoms in total. The lowest BCUT2D eigenvalue weighted by Crippen LogP contribution is -2.34. The fraction of sp³-hybridized carbons (Fsp3) is 0.500. The van der Waals surface area contributed by atoms with Gasteiger partial charge in [0.1, 0.15) is 5.91 Å². The maximum atomic E-state index is 5.53. The van der Waals surface area contributed by atoms with Gasteiger partial charge in [0.15, 0.2) is 9.52 Å². The van der Waals surface area contributed by atoms with E-state index < -0.39 is 0 Å². The van der Waals surface area contributed by atoms with Gasteiger partial charge in [-0.25, -0.2) is 0 Å². The Labute approximate surface area is 94.4 Å². The standard InChI is InChI=1S/C12H18O2Si/c1-4-13-12(14-5-2)15-11-9-7-6-8-10(11)3/h6-9,12H,4-5H2,1-3H3. The van der Waals surface area contributed by atoms with Gasteiger partial charge in [0.05, 0.1) is 0 Å². The van der Waals surface area contributed by atoms with Crippen molar-refractivity contribution in [2.75, 3.05) is 13.2 Å². The molecule has 0 N–H and O–H groups in total. The molecule has 0 fully saturated rings. The molecule has 0 spiro atoms. The van der Waals surface area contributed by atoms with E-state index in [2.05, 4.69) is 31.2 Å². The van der Waals surface area contributed by atoms with Crippen LogP contribution in [-0.2, 0) is 9.47 Å². The average molecular weight is 222 g/mol. The Balaban J connectivity index is 2.60. The number of benzene rings is 1. The molecule has 0 aliphatic heterocycles. The molecule has 0 aromatic heterocycles. The van der Waals surface area contributed by atoms with Crippen molar-refractivity contribution < 1.29 is 9.47 Å². The van der Waals surface area contributed by atoms with Gasteiger partial charge < -0.3 is 9.47 Å². The molecule has 0 aliphatic rings. The molecule has 0 saturated heterocycles. The predicted octanol–water partition coefficient (Wildman–Crippen LogP) is 1.68. The monoisotopic (exact) mass is 222 g/mol. The van der Waals surface area contributed by atoms with Crippen LogP contribution in [0.25, 0.3) is 0 Å². The van der Waals surface area contributed by atoms with Crippen LogP contribution in [0.5, 0.6) is 0 Å². The van der Waals surface area contributed by atoms with Crippen LogP contribution in [0.2, 0.25) is 0 Å². The van der Waals surface area contributed by atoms with Crippen molar-refractivity contribution in [2.24, 2.45) is 0 Å². The van der Waals surface area contributed by atoms with Gasteiger partial charge in [0.25, 0.3) is 0 Å². The zero-order valence-electron chi connectivity index (χ0n) is 9.62. The Hall–Kier alpha value is -0.643. The van der Waals surface area contributed by atoms with Gasteiger partial charge in [0.2, 0.25) is 0 Å². The largest absolute Gasteiger partial charge is 0.357 e. The summed E-state index contributed by atoms with van der Waals surface area (Å²) in [7, 11) is 0.564. The van der Waals surface area contributed by atoms with Crippen LogP contribution in [0.3, 0.4) is 0 Å². The number of aryl methyl sites for hydroxylation is 1. The second-order valence-corrected chi connectivity index (χ2v) is 4.50. The van der Waals surface area contributed by atoms with Crippen LogP contribution >= 0.6 is 0 Å². The molecule has 1 aromatic carbocycles. The van der Waals surface area contributed by atoms with Gasteiger partial charge >= 0.3 is 0 Å². The maximum Gasteiger partial charge on any atom is 0.157 e. The van der Waals surface area contributed by atoms with Crippen molar-refractivity contribution in [2.45, 2.75) is 26.7 Å². The van der Waals surface area contributed by atoms with E-state index in [0.717, 1.165) is 0 Å². The lowest BCUT2D eigenvalue weighted by atomic mass is 10.2. The molecule has 1 rings (SSSR count). The fourth-order valence-corrected chi connectivity index (χ4v) is 2.55. The highest BCUT2D eigenvalue weighted by Crippen LogP contribution is 1.97. The number of hydrogen-bond donors (Lipinski definition) is 0. The molecule has 82 valence electrons. The van der Waals surface area contributed by atoms with Crippen LogP contribution in [0.1, 0.15) is 19.4 Å². The van der Waals surface area contributed by atoms with Crippen molar-refractivity contribution in [3.05, 3.63) is 29.8 Å².